The number of nitriles is 1. The summed E-state index contributed by atoms with van der Waals surface area (Å²) in [4.78, 5) is 6.73. The van der Waals surface area contributed by atoms with Crippen LogP contribution in [0.2, 0.25) is 0 Å². The number of anilines is 1. The lowest BCUT2D eigenvalue weighted by molar-refractivity contribution is 0.851. The van der Waals surface area contributed by atoms with E-state index in [0.717, 1.165) is 24.6 Å². The fourth-order valence-electron chi connectivity index (χ4n) is 2.37. The van der Waals surface area contributed by atoms with E-state index >= 15 is 0 Å². The second-order valence-electron chi connectivity index (χ2n) is 4.59. The third-order valence-corrected chi connectivity index (χ3v) is 3.23. The summed E-state index contributed by atoms with van der Waals surface area (Å²) in [6, 6.07) is 14.3. The number of pyridine rings is 1. The average molecular weight is 235 g/mol. The smallest absolute Gasteiger partial charge is 0.130 e. The highest BCUT2D eigenvalue weighted by Gasteiger charge is 2.19. The molecule has 0 fully saturated rings. The molecule has 0 radical (unpaired) electrons. The fourth-order valence-corrected chi connectivity index (χ4v) is 2.37. The summed E-state index contributed by atoms with van der Waals surface area (Å²) in [7, 11) is 0. The van der Waals surface area contributed by atoms with E-state index < -0.39 is 0 Å². The molecule has 0 atom stereocenters. The number of aromatic nitrogens is 1. The summed E-state index contributed by atoms with van der Waals surface area (Å²) >= 11 is 0. The molecule has 2 heterocycles. The van der Waals surface area contributed by atoms with E-state index in [1.54, 1.807) is 0 Å². The Morgan fingerprint density at radius 1 is 1.17 bits per heavy atom. The minimum absolute atomic E-state index is 0.674. The minimum Gasteiger partial charge on any atom is -0.348 e. The van der Waals surface area contributed by atoms with Gasteiger partial charge in [0.1, 0.15) is 5.82 Å². The van der Waals surface area contributed by atoms with Crippen LogP contribution in [0.3, 0.4) is 0 Å². The average Bonchev–Trinajstić information content (AvgIpc) is 2.81. The van der Waals surface area contributed by atoms with E-state index in [0.29, 0.717) is 5.56 Å². The largest absolute Gasteiger partial charge is 0.348 e. The first kappa shape index (κ1) is 10.8. The van der Waals surface area contributed by atoms with Crippen LogP contribution in [-0.4, -0.2) is 4.98 Å². The highest BCUT2D eigenvalue weighted by Crippen LogP contribution is 2.27. The molecule has 0 saturated carbocycles. The number of hydrogen-bond acceptors (Lipinski definition) is 3. The molecule has 0 amide bonds. The fraction of sp³-hybridized carbons (Fsp3) is 0.200. The number of benzene rings is 1. The van der Waals surface area contributed by atoms with Gasteiger partial charge < -0.3 is 4.90 Å². The number of aryl methyl sites for hydroxylation is 1. The van der Waals surface area contributed by atoms with E-state index in [1.165, 1.54) is 11.1 Å². The molecular formula is C15H13N3. The summed E-state index contributed by atoms with van der Waals surface area (Å²) < 4.78 is 0. The number of nitrogens with zero attached hydrogens (tertiary/aromatic N) is 3. The molecule has 0 spiro atoms. The van der Waals surface area contributed by atoms with Gasteiger partial charge >= 0.3 is 0 Å². The Balaban J connectivity index is 1.95. The van der Waals surface area contributed by atoms with Crippen LogP contribution >= 0.6 is 0 Å². The van der Waals surface area contributed by atoms with Gasteiger partial charge in [0.2, 0.25) is 0 Å². The second kappa shape index (κ2) is 4.15. The van der Waals surface area contributed by atoms with Crippen LogP contribution in [0.25, 0.3) is 0 Å². The number of fused-ring (bicyclic) bond motifs is 1. The standard InChI is InChI=1S/C15H13N3/c1-11-6-12(8-16)7-15(17-11)18-9-13-4-2-3-5-14(13)10-18/h2-7H,9-10H2,1H3. The van der Waals surface area contributed by atoms with Gasteiger partial charge in [-0.05, 0) is 30.2 Å². The van der Waals surface area contributed by atoms with E-state index in [2.05, 4.69) is 40.2 Å². The summed E-state index contributed by atoms with van der Waals surface area (Å²) in [5, 5.41) is 9.01. The minimum atomic E-state index is 0.674. The van der Waals surface area contributed by atoms with Crippen molar-refractivity contribution in [2.24, 2.45) is 0 Å². The highest BCUT2D eigenvalue weighted by molar-refractivity contribution is 5.51. The van der Waals surface area contributed by atoms with Gasteiger partial charge in [-0.2, -0.15) is 5.26 Å². The number of hydrogen-bond donors (Lipinski definition) is 0. The molecule has 1 aromatic heterocycles. The van der Waals surface area contributed by atoms with Crippen molar-refractivity contribution in [3.8, 4) is 6.07 Å². The van der Waals surface area contributed by atoms with Crippen molar-refractivity contribution in [1.82, 2.24) is 4.98 Å². The zero-order chi connectivity index (χ0) is 12.5. The molecule has 1 aliphatic rings. The van der Waals surface area contributed by atoms with Gasteiger partial charge in [-0.1, -0.05) is 24.3 Å². The van der Waals surface area contributed by atoms with Gasteiger partial charge in [-0.15, -0.1) is 0 Å². The molecule has 3 rings (SSSR count). The van der Waals surface area contributed by atoms with Crippen LogP contribution in [0, 0.1) is 18.3 Å². The van der Waals surface area contributed by atoms with Crippen molar-refractivity contribution in [2.45, 2.75) is 20.0 Å². The van der Waals surface area contributed by atoms with Crippen LogP contribution < -0.4 is 4.90 Å². The van der Waals surface area contributed by atoms with Gasteiger partial charge in [0.25, 0.3) is 0 Å². The van der Waals surface area contributed by atoms with Crippen molar-refractivity contribution in [2.75, 3.05) is 4.90 Å². The second-order valence-corrected chi connectivity index (χ2v) is 4.59. The van der Waals surface area contributed by atoms with Crippen LogP contribution in [0.4, 0.5) is 5.82 Å². The molecule has 0 saturated heterocycles. The molecule has 0 bridgehead atoms. The van der Waals surface area contributed by atoms with Gasteiger partial charge in [-0.25, -0.2) is 4.98 Å². The maximum atomic E-state index is 9.01. The van der Waals surface area contributed by atoms with Crippen LogP contribution in [-0.2, 0) is 13.1 Å². The van der Waals surface area contributed by atoms with E-state index in [9.17, 15) is 0 Å². The predicted molar refractivity (Wildman–Crippen MR) is 70.0 cm³/mol. The summed E-state index contributed by atoms with van der Waals surface area (Å²) in [5.74, 6) is 0.891. The molecule has 88 valence electrons. The molecule has 1 aromatic carbocycles. The third-order valence-electron chi connectivity index (χ3n) is 3.23. The lowest BCUT2D eigenvalue weighted by atomic mass is 10.1. The molecular weight excluding hydrogens is 222 g/mol. The van der Waals surface area contributed by atoms with Crippen molar-refractivity contribution >= 4 is 5.82 Å². The van der Waals surface area contributed by atoms with Crippen molar-refractivity contribution in [3.63, 3.8) is 0 Å². The van der Waals surface area contributed by atoms with Gasteiger partial charge in [0, 0.05) is 18.8 Å². The van der Waals surface area contributed by atoms with Crippen LogP contribution in [0.15, 0.2) is 36.4 Å². The van der Waals surface area contributed by atoms with Gasteiger partial charge in [0.15, 0.2) is 0 Å². The molecule has 3 heteroatoms. The lowest BCUT2D eigenvalue weighted by Crippen LogP contribution is -2.16. The maximum Gasteiger partial charge on any atom is 0.130 e. The monoisotopic (exact) mass is 235 g/mol. The van der Waals surface area contributed by atoms with E-state index in [1.807, 2.05) is 19.1 Å². The molecule has 18 heavy (non-hydrogen) atoms. The normalized spacial score (nSPS) is 13.2. The Morgan fingerprint density at radius 2 is 1.83 bits per heavy atom. The quantitative estimate of drug-likeness (QED) is 0.763. The van der Waals surface area contributed by atoms with Crippen molar-refractivity contribution < 1.29 is 0 Å². The first-order valence-electron chi connectivity index (χ1n) is 5.97. The summed E-state index contributed by atoms with van der Waals surface area (Å²) in [5.41, 5.74) is 4.26. The molecule has 3 nitrogen and oxygen atoms in total. The Morgan fingerprint density at radius 3 is 2.44 bits per heavy atom. The molecule has 2 aromatic rings. The SMILES string of the molecule is Cc1cc(C#N)cc(N2Cc3ccccc3C2)n1. The van der Waals surface area contributed by atoms with Crippen LogP contribution in [0.1, 0.15) is 22.4 Å². The Bertz CT molecular complexity index is 615. The Labute approximate surface area is 106 Å². The summed E-state index contributed by atoms with van der Waals surface area (Å²) in [6.45, 7) is 3.67. The summed E-state index contributed by atoms with van der Waals surface area (Å²) in [6.07, 6.45) is 0. The van der Waals surface area contributed by atoms with E-state index in [-0.39, 0.29) is 0 Å². The van der Waals surface area contributed by atoms with Crippen LogP contribution in [0.5, 0.6) is 0 Å². The Hall–Kier alpha value is -2.34. The topological polar surface area (TPSA) is 39.9 Å². The third kappa shape index (κ3) is 1.82. The Kier molecular flexibility index (Phi) is 2.49. The molecule has 0 unspecified atom stereocenters. The lowest BCUT2D eigenvalue weighted by Gasteiger charge is -2.17. The van der Waals surface area contributed by atoms with Gasteiger partial charge in [0.05, 0.1) is 11.6 Å². The zero-order valence-corrected chi connectivity index (χ0v) is 10.2. The maximum absolute atomic E-state index is 9.01. The molecule has 1 aliphatic heterocycles. The zero-order valence-electron chi connectivity index (χ0n) is 10.2. The first-order valence-corrected chi connectivity index (χ1v) is 5.97. The van der Waals surface area contributed by atoms with Crippen molar-refractivity contribution in [3.05, 3.63) is 58.8 Å². The number of rotatable bonds is 1. The predicted octanol–water partition coefficient (Wildman–Crippen LogP) is 2.78. The van der Waals surface area contributed by atoms with Crippen molar-refractivity contribution in [1.29, 1.82) is 5.26 Å². The van der Waals surface area contributed by atoms with Gasteiger partial charge in [-0.3, -0.25) is 0 Å². The van der Waals surface area contributed by atoms with E-state index in [4.69, 9.17) is 5.26 Å². The molecule has 0 N–H and O–H groups in total. The molecule has 0 aliphatic carbocycles. The highest BCUT2D eigenvalue weighted by atomic mass is 15.2. The first-order chi connectivity index (χ1) is 8.76.